The minimum atomic E-state index is -4.78. The van der Waals surface area contributed by atoms with Gasteiger partial charge in [-0.25, -0.2) is 0 Å². The molecule has 0 unspecified atom stereocenters. The van der Waals surface area contributed by atoms with Crippen molar-refractivity contribution in [2.24, 2.45) is 0 Å². The molecule has 0 N–H and O–H groups in total. The Morgan fingerprint density at radius 2 is 1.88 bits per heavy atom. The average Bonchev–Trinajstić information content (AvgIpc) is 2.57. The SMILES string of the molecule is Cc1ccc2c(c1)CN(C(=O)C(F)(F)F)C2. The minimum absolute atomic E-state index is 0.0496. The summed E-state index contributed by atoms with van der Waals surface area (Å²) < 4.78 is 36.6. The number of rotatable bonds is 0. The van der Waals surface area contributed by atoms with Crippen molar-refractivity contribution in [3.8, 4) is 0 Å². The van der Waals surface area contributed by atoms with Crippen molar-refractivity contribution in [2.45, 2.75) is 26.2 Å². The molecule has 1 aliphatic rings. The van der Waals surface area contributed by atoms with Gasteiger partial charge < -0.3 is 4.90 Å². The first-order valence-electron chi connectivity index (χ1n) is 4.82. The van der Waals surface area contributed by atoms with Crippen LogP contribution in [0.5, 0.6) is 0 Å². The first kappa shape index (κ1) is 11.0. The molecule has 0 atom stereocenters. The molecule has 16 heavy (non-hydrogen) atoms. The molecule has 1 aliphatic heterocycles. The second-order valence-corrected chi connectivity index (χ2v) is 3.93. The van der Waals surface area contributed by atoms with Crippen LogP contribution < -0.4 is 0 Å². The van der Waals surface area contributed by atoms with E-state index in [4.69, 9.17) is 0 Å². The Morgan fingerprint density at radius 3 is 2.50 bits per heavy atom. The number of halogens is 3. The summed E-state index contributed by atoms with van der Waals surface area (Å²) in [4.78, 5) is 11.8. The predicted octanol–water partition coefficient (Wildman–Crippen LogP) is 2.40. The maximum atomic E-state index is 12.2. The van der Waals surface area contributed by atoms with Crippen LogP contribution in [0.4, 0.5) is 13.2 Å². The van der Waals surface area contributed by atoms with Crippen LogP contribution in [0.15, 0.2) is 18.2 Å². The monoisotopic (exact) mass is 229 g/mol. The summed E-state index contributed by atoms with van der Waals surface area (Å²) >= 11 is 0. The van der Waals surface area contributed by atoms with Crippen molar-refractivity contribution in [1.82, 2.24) is 4.90 Å². The number of amides is 1. The Balaban J connectivity index is 2.20. The van der Waals surface area contributed by atoms with Gasteiger partial charge in [-0.05, 0) is 18.1 Å². The Hall–Kier alpha value is -1.52. The summed E-state index contributed by atoms with van der Waals surface area (Å²) in [6, 6.07) is 5.42. The fourth-order valence-electron chi connectivity index (χ4n) is 1.85. The number of alkyl halides is 3. The summed E-state index contributed by atoms with van der Waals surface area (Å²) in [7, 11) is 0. The molecule has 1 aromatic rings. The normalized spacial score (nSPS) is 15.1. The molecular weight excluding hydrogens is 219 g/mol. The van der Waals surface area contributed by atoms with Crippen LogP contribution in [-0.4, -0.2) is 17.0 Å². The van der Waals surface area contributed by atoms with Gasteiger partial charge in [0.1, 0.15) is 0 Å². The van der Waals surface area contributed by atoms with Crippen LogP contribution in [0.1, 0.15) is 16.7 Å². The molecule has 86 valence electrons. The average molecular weight is 229 g/mol. The second kappa shape index (κ2) is 3.50. The van der Waals surface area contributed by atoms with Gasteiger partial charge in [-0.1, -0.05) is 23.8 Å². The third kappa shape index (κ3) is 1.89. The smallest absolute Gasteiger partial charge is 0.326 e. The van der Waals surface area contributed by atoms with E-state index >= 15 is 0 Å². The van der Waals surface area contributed by atoms with Crippen molar-refractivity contribution in [1.29, 1.82) is 0 Å². The highest BCUT2D eigenvalue weighted by Crippen LogP contribution is 2.28. The number of carbonyl (C=O) groups is 1. The maximum Gasteiger partial charge on any atom is 0.471 e. The lowest BCUT2D eigenvalue weighted by Gasteiger charge is -2.16. The van der Waals surface area contributed by atoms with Gasteiger partial charge in [0.15, 0.2) is 0 Å². The van der Waals surface area contributed by atoms with Crippen molar-refractivity contribution < 1.29 is 18.0 Å². The number of benzene rings is 1. The fourth-order valence-corrected chi connectivity index (χ4v) is 1.85. The molecule has 0 spiro atoms. The molecule has 1 amide bonds. The van der Waals surface area contributed by atoms with Crippen molar-refractivity contribution in [2.75, 3.05) is 0 Å². The van der Waals surface area contributed by atoms with E-state index in [2.05, 4.69) is 0 Å². The van der Waals surface area contributed by atoms with E-state index in [9.17, 15) is 18.0 Å². The van der Waals surface area contributed by atoms with Gasteiger partial charge in [0, 0.05) is 13.1 Å². The lowest BCUT2D eigenvalue weighted by molar-refractivity contribution is -0.186. The van der Waals surface area contributed by atoms with Gasteiger partial charge in [0.25, 0.3) is 0 Å². The standard InChI is InChI=1S/C11H10F3NO/c1-7-2-3-8-5-15(6-9(8)4-7)10(16)11(12,13)14/h2-4H,5-6H2,1H3. The summed E-state index contributed by atoms with van der Waals surface area (Å²) in [5, 5.41) is 0. The first-order chi connectivity index (χ1) is 7.38. The van der Waals surface area contributed by atoms with Gasteiger partial charge in [-0.2, -0.15) is 13.2 Å². The first-order valence-corrected chi connectivity index (χ1v) is 4.82. The quantitative estimate of drug-likeness (QED) is 0.669. The summed E-state index contributed by atoms with van der Waals surface area (Å²) in [5.74, 6) is -1.76. The molecule has 0 aliphatic carbocycles. The van der Waals surface area contributed by atoms with Crippen molar-refractivity contribution in [3.63, 3.8) is 0 Å². The predicted molar refractivity (Wildman–Crippen MR) is 51.5 cm³/mol. The van der Waals surface area contributed by atoms with Gasteiger partial charge in [0.2, 0.25) is 0 Å². The highest BCUT2D eigenvalue weighted by Gasteiger charge is 2.43. The van der Waals surface area contributed by atoms with Gasteiger partial charge in [0.05, 0.1) is 0 Å². The van der Waals surface area contributed by atoms with Gasteiger partial charge in [-0.3, -0.25) is 4.79 Å². The third-order valence-electron chi connectivity index (χ3n) is 2.61. The highest BCUT2D eigenvalue weighted by atomic mass is 19.4. The molecule has 1 aromatic carbocycles. The third-order valence-corrected chi connectivity index (χ3v) is 2.61. The van der Waals surface area contributed by atoms with E-state index in [1.165, 1.54) is 0 Å². The van der Waals surface area contributed by atoms with E-state index in [-0.39, 0.29) is 13.1 Å². The van der Waals surface area contributed by atoms with E-state index in [1.807, 2.05) is 19.1 Å². The van der Waals surface area contributed by atoms with Crippen LogP contribution in [0.25, 0.3) is 0 Å². The van der Waals surface area contributed by atoms with E-state index in [0.717, 1.165) is 21.6 Å². The molecular formula is C11H10F3NO. The number of aryl methyl sites for hydroxylation is 1. The van der Waals surface area contributed by atoms with Crippen molar-refractivity contribution >= 4 is 5.91 Å². The summed E-state index contributed by atoms with van der Waals surface area (Å²) in [5.41, 5.74) is 2.58. The molecule has 0 radical (unpaired) electrons. The molecule has 2 nitrogen and oxygen atoms in total. The number of nitrogens with zero attached hydrogens (tertiary/aromatic N) is 1. The molecule has 0 bridgehead atoms. The summed E-state index contributed by atoms with van der Waals surface area (Å²) in [6.45, 7) is 1.97. The van der Waals surface area contributed by atoms with Crippen LogP contribution in [0.2, 0.25) is 0 Å². The zero-order valence-corrected chi connectivity index (χ0v) is 8.64. The lowest BCUT2D eigenvalue weighted by Crippen LogP contribution is -2.37. The van der Waals surface area contributed by atoms with Crippen molar-refractivity contribution in [3.05, 3.63) is 34.9 Å². The van der Waals surface area contributed by atoms with E-state index in [1.54, 1.807) is 6.07 Å². The Bertz CT molecular complexity index is 439. The number of carbonyl (C=O) groups excluding carboxylic acids is 1. The molecule has 1 heterocycles. The maximum absolute atomic E-state index is 12.2. The second-order valence-electron chi connectivity index (χ2n) is 3.93. The van der Waals surface area contributed by atoms with Gasteiger partial charge >= 0.3 is 12.1 Å². The van der Waals surface area contributed by atoms with Crippen LogP contribution in [0, 0.1) is 6.92 Å². The lowest BCUT2D eigenvalue weighted by atomic mass is 10.1. The Labute approximate surface area is 90.7 Å². The largest absolute Gasteiger partial charge is 0.471 e. The zero-order valence-electron chi connectivity index (χ0n) is 8.64. The van der Waals surface area contributed by atoms with E-state index < -0.39 is 12.1 Å². The van der Waals surface area contributed by atoms with Gasteiger partial charge in [-0.15, -0.1) is 0 Å². The highest BCUT2D eigenvalue weighted by molar-refractivity contribution is 5.82. The number of hydrogen-bond acceptors (Lipinski definition) is 1. The fraction of sp³-hybridized carbons (Fsp3) is 0.364. The molecule has 0 saturated heterocycles. The molecule has 0 saturated carbocycles. The Kier molecular flexibility index (Phi) is 2.40. The molecule has 0 fully saturated rings. The topological polar surface area (TPSA) is 20.3 Å². The summed E-state index contributed by atoms with van der Waals surface area (Å²) in [6.07, 6.45) is -4.78. The van der Waals surface area contributed by atoms with Crippen LogP contribution in [0.3, 0.4) is 0 Å². The number of hydrogen-bond donors (Lipinski definition) is 0. The van der Waals surface area contributed by atoms with Crippen LogP contribution >= 0.6 is 0 Å². The van der Waals surface area contributed by atoms with Crippen LogP contribution in [-0.2, 0) is 17.9 Å². The molecule has 0 aromatic heterocycles. The Morgan fingerprint density at radius 1 is 1.25 bits per heavy atom. The van der Waals surface area contributed by atoms with E-state index in [0.29, 0.717) is 0 Å². The molecule has 5 heteroatoms. The molecule has 2 rings (SSSR count). The minimum Gasteiger partial charge on any atom is -0.326 e. The zero-order chi connectivity index (χ0) is 11.9. The number of fused-ring (bicyclic) bond motifs is 1.